The molecule has 0 amide bonds. The summed E-state index contributed by atoms with van der Waals surface area (Å²) in [6.07, 6.45) is 1.93. The first-order valence-corrected chi connectivity index (χ1v) is 6.05. The molecule has 0 unspecified atom stereocenters. The Morgan fingerprint density at radius 2 is 1.94 bits per heavy atom. The Labute approximate surface area is 99.6 Å². The second kappa shape index (κ2) is 4.72. The second-order valence-electron chi connectivity index (χ2n) is 3.80. The summed E-state index contributed by atoms with van der Waals surface area (Å²) in [5, 5.41) is 4.20. The van der Waals surface area contributed by atoms with Gasteiger partial charge < -0.3 is 5.32 Å². The maximum absolute atomic E-state index is 4.44. The zero-order valence-corrected chi connectivity index (χ0v) is 10.6. The molecule has 0 atom stereocenters. The monoisotopic (exact) mass is 233 g/mol. The summed E-state index contributed by atoms with van der Waals surface area (Å²) >= 11 is 1.73. The molecule has 0 aliphatic heterocycles. The lowest BCUT2D eigenvalue weighted by atomic mass is 10.2. The zero-order valence-electron chi connectivity index (χ0n) is 9.74. The quantitative estimate of drug-likeness (QED) is 0.885. The molecule has 2 rings (SSSR count). The molecule has 0 fully saturated rings. The number of hydrogen-bond acceptors (Lipinski definition) is 4. The summed E-state index contributed by atoms with van der Waals surface area (Å²) in [5.41, 5.74) is 3.25. The Kier molecular flexibility index (Phi) is 3.31. The Morgan fingerprint density at radius 1 is 1.25 bits per heavy atom. The Balaban J connectivity index is 2.34. The van der Waals surface area contributed by atoms with Crippen LogP contribution in [-0.4, -0.2) is 17.0 Å². The van der Waals surface area contributed by atoms with E-state index >= 15 is 0 Å². The molecule has 3 nitrogen and oxygen atoms in total. The average Bonchev–Trinajstić information content (AvgIpc) is 2.65. The summed E-state index contributed by atoms with van der Waals surface area (Å²) in [7, 11) is 1.94. The number of thiazole rings is 1. The van der Waals surface area contributed by atoms with E-state index in [-0.39, 0.29) is 0 Å². The van der Waals surface area contributed by atoms with Crippen molar-refractivity contribution in [3.63, 3.8) is 0 Å². The smallest absolute Gasteiger partial charge is 0.123 e. The van der Waals surface area contributed by atoms with Crippen molar-refractivity contribution in [2.45, 2.75) is 20.4 Å². The molecule has 0 aliphatic carbocycles. The highest BCUT2D eigenvalue weighted by atomic mass is 32.1. The van der Waals surface area contributed by atoms with Gasteiger partial charge in [0.05, 0.1) is 0 Å². The number of aromatic nitrogens is 2. The van der Waals surface area contributed by atoms with E-state index in [2.05, 4.69) is 27.4 Å². The Bertz CT molecular complexity index is 471. The second-order valence-corrected chi connectivity index (χ2v) is 4.92. The van der Waals surface area contributed by atoms with E-state index in [0.717, 1.165) is 28.5 Å². The predicted molar refractivity (Wildman–Crippen MR) is 67.6 cm³/mol. The lowest BCUT2D eigenvalue weighted by Crippen LogP contribution is -2.02. The summed E-state index contributed by atoms with van der Waals surface area (Å²) < 4.78 is 0. The maximum Gasteiger partial charge on any atom is 0.123 e. The van der Waals surface area contributed by atoms with Crippen LogP contribution in [0.25, 0.3) is 10.6 Å². The van der Waals surface area contributed by atoms with Crippen molar-refractivity contribution in [2.75, 3.05) is 7.05 Å². The molecule has 0 spiro atoms. The van der Waals surface area contributed by atoms with Crippen molar-refractivity contribution in [1.29, 1.82) is 0 Å². The van der Waals surface area contributed by atoms with E-state index in [0.29, 0.717) is 0 Å². The van der Waals surface area contributed by atoms with Crippen LogP contribution in [0.1, 0.15) is 16.3 Å². The number of pyridine rings is 1. The van der Waals surface area contributed by atoms with Crippen molar-refractivity contribution in [2.24, 2.45) is 0 Å². The normalized spacial score (nSPS) is 10.7. The minimum absolute atomic E-state index is 0.876. The van der Waals surface area contributed by atoms with Crippen LogP contribution in [0.3, 0.4) is 0 Å². The van der Waals surface area contributed by atoms with Crippen molar-refractivity contribution in [1.82, 2.24) is 15.3 Å². The fourth-order valence-corrected chi connectivity index (χ4v) is 2.57. The van der Waals surface area contributed by atoms with Crippen molar-refractivity contribution >= 4 is 11.3 Å². The third-order valence-electron chi connectivity index (χ3n) is 2.23. The van der Waals surface area contributed by atoms with Gasteiger partial charge in [-0.25, -0.2) is 4.98 Å². The molecule has 2 aromatic rings. The van der Waals surface area contributed by atoms with E-state index in [1.54, 1.807) is 11.3 Å². The van der Waals surface area contributed by atoms with E-state index in [1.165, 1.54) is 4.88 Å². The van der Waals surface area contributed by atoms with Crippen LogP contribution in [0.2, 0.25) is 0 Å². The van der Waals surface area contributed by atoms with Gasteiger partial charge in [-0.3, -0.25) is 4.98 Å². The van der Waals surface area contributed by atoms with Crippen LogP contribution >= 0.6 is 11.3 Å². The highest BCUT2D eigenvalue weighted by Crippen LogP contribution is 2.25. The molecule has 16 heavy (non-hydrogen) atoms. The van der Waals surface area contributed by atoms with Gasteiger partial charge in [-0.05, 0) is 33.0 Å². The third-order valence-corrected chi connectivity index (χ3v) is 3.28. The highest BCUT2D eigenvalue weighted by molar-refractivity contribution is 7.15. The van der Waals surface area contributed by atoms with Crippen LogP contribution in [-0.2, 0) is 6.54 Å². The SMILES string of the molecule is CNCc1cnc(-c2cc(C)nc(C)c2)s1. The molecular weight excluding hydrogens is 218 g/mol. The van der Waals surface area contributed by atoms with E-state index in [9.17, 15) is 0 Å². The molecule has 1 N–H and O–H groups in total. The minimum atomic E-state index is 0.876. The van der Waals surface area contributed by atoms with Crippen LogP contribution in [0, 0.1) is 13.8 Å². The Morgan fingerprint density at radius 3 is 2.56 bits per heavy atom. The van der Waals surface area contributed by atoms with E-state index in [1.807, 2.05) is 27.1 Å². The lowest BCUT2D eigenvalue weighted by Gasteiger charge is -2.00. The van der Waals surface area contributed by atoms with Gasteiger partial charge >= 0.3 is 0 Å². The van der Waals surface area contributed by atoms with Crippen LogP contribution in [0.5, 0.6) is 0 Å². The van der Waals surface area contributed by atoms with Crippen molar-refractivity contribution in [3.05, 3.63) is 34.6 Å². The fourth-order valence-electron chi connectivity index (χ4n) is 1.65. The molecule has 2 aromatic heterocycles. The number of hydrogen-bond donors (Lipinski definition) is 1. The molecule has 0 aromatic carbocycles. The molecule has 84 valence electrons. The molecule has 0 aliphatic rings. The number of nitrogens with zero attached hydrogens (tertiary/aromatic N) is 2. The fraction of sp³-hybridized carbons (Fsp3) is 0.333. The first-order valence-electron chi connectivity index (χ1n) is 5.24. The van der Waals surface area contributed by atoms with Gasteiger partial charge in [0, 0.05) is 34.6 Å². The molecule has 0 saturated carbocycles. The number of rotatable bonds is 3. The van der Waals surface area contributed by atoms with E-state index in [4.69, 9.17) is 0 Å². The molecule has 0 bridgehead atoms. The number of aryl methyl sites for hydroxylation is 2. The van der Waals surface area contributed by atoms with E-state index < -0.39 is 0 Å². The zero-order chi connectivity index (χ0) is 11.5. The minimum Gasteiger partial charge on any atom is -0.315 e. The van der Waals surface area contributed by atoms with Gasteiger partial charge in [-0.15, -0.1) is 11.3 Å². The van der Waals surface area contributed by atoms with Crippen LogP contribution < -0.4 is 5.32 Å². The topological polar surface area (TPSA) is 37.8 Å². The maximum atomic E-state index is 4.44. The largest absolute Gasteiger partial charge is 0.315 e. The molecule has 0 saturated heterocycles. The highest BCUT2D eigenvalue weighted by Gasteiger charge is 2.05. The summed E-state index contributed by atoms with van der Waals surface area (Å²) in [4.78, 5) is 10.1. The summed E-state index contributed by atoms with van der Waals surface area (Å²) in [5.74, 6) is 0. The van der Waals surface area contributed by atoms with Crippen LogP contribution in [0.4, 0.5) is 0 Å². The lowest BCUT2D eigenvalue weighted by molar-refractivity contribution is 0.829. The summed E-state index contributed by atoms with van der Waals surface area (Å²) in [6.45, 7) is 4.90. The van der Waals surface area contributed by atoms with Gasteiger partial charge in [0.1, 0.15) is 5.01 Å². The number of nitrogens with one attached hydrogen (secondary N) is 1. The van der Waals surface area contributed by atoms with Gasteiger partial charge in [0.2, 0.25) is 0 Å². The van der Waals surface area contributed by atoms with Crippen LogP contribution in [0.15, 0.2) is 18.3 Å². The third kappa shape index (κ3) is 2.46. The van der Waals surface area contributed by atoms with Gasteiger partial charge in [-0.1, -0.05) is 0 Å². The summed E-state index contributed by atoms with van der Waals surface area (Å²) in [6, 6.07) is 4.16. The van der Waals surface area contributed by atoms with Gasteiger partial charge in [0.15, 0.2) is 0 Å². The molecule has 0 radical (unpaired) electrons. The van der Waals surface area contributed by atoms with Crippen molar-refractivity contribution < 1.29 is 0 Å². The first-order chi connectivity index (χ1) is 7.69. The average molecular weight is 233 g/mol. The Hall–Kier alpha value is -1.26. The first kappa shape index (κ1) is 11.2. The predicted octanol–water partition coefficient (Wildman–Crippen LogP) is 2.54. The molecule has 2 heterocycles. The van der Waals surface area contributed by atoms with Gasteiger partial charge in [-0.2, -0.15) is 0 Å². The van der Waals surface area contributed by atoms with Gasteiger partial charge in [0.25, 0.3) is 0 Å². The standard InChI is InChI=1S/C12H15N3S/c1-8-4-10(5-9(2)15-8)12-14-7-11(16-12)6-13-3/h4-5,7,13H,6H2,1-3H3. The molecule has 4 heteroatoms. The van der Waals surface area contributed by atoms with Crippen molar-refractivity contribution in [3.8, 4) is 10.6 Å². The molecular formula is C12H15N3S.